The lowest BCUT2D eigenvalue weighted by molar-refractivity contribution is 0.102. The van der Waals surface area contributed by atoms with E-state index in [2.05, 4.69) is 15.4 Å². The molecule has 1 N–H and O–H groups in total. The Morgan fingerprint density at radius 1 is 1.22 bits per heavy atom. The molecule has 27 heavy (non-hydrogen) atoms. The van der Waals surface area contributed by atoms with E-state index in [-0.39, 0.29) is 5.91 Å². The van der Waals surface area contributed by atoms with Crippen molar-refractivity contribution in [3.8, 4) is 0 Å². The second-order valence-electron chi connectivity index (χ2n) is 7.11. The standard InChI is InChI=1S/C21H19N5O/c1-12-18-15(11-17(13-8-9-13)23-20(18)26(2)25-12)21(27)24-16-7-3-5-14-6-4-10-22-19(14)16/h3-7,10-11,13H,8-9H2,1-2H3,(H,24,27). The largest absolute Gasteiger partial charge is 0.320 e. The summed E-state index contributed by atoms with van der Waals surface area (Å²) in [6.45, 7) is 1.91. The highest BCUT2D eigenvalue weighted by atomic mass is 16.1. The molecular formula is C21H19N5O. The number of nitrogens with zero attached hydrogens (tertiary/aromatic N) is 4. The van der Waals surface area contributed by atoms with Crippen molar-refractivity contribution in [2.75, 3.05) is 5.32 Å². The van der Waals surface area contributed by atoms with Crippen LogP contribution in [0.2, 0.25) is 0 Å². The van der Waals surface area contributed by atoms with Crippen LogP contribution >= 0.6 is 0 Å². The van der Waals surface area contributed by atoms with E-state index < -0.39 is 0 Å². The highest BCUT2D eigenvalue weighted by molar-refractivity contribution is 6.14. The van der Waals surface area contributed by atoms with E-state index in [9.17, 15) is 4.79 Å². The van der Waals surface area contributed by atoms with Crippen LogP contribution in [-0.4, -0.2) is 25.7 Å². The predicted octanol–water partition coefficient (Wildman–Crippen LogP) is 3.95. The molecule has 6 heteroatoms. The summed E-state index contributed by atoms with van der Waals surface area (Å²) in [5.41, 5.74) is 4.66. The zero-order chi connectivity index (χ0) is 18.5. The number of aromatic nitrogens is 4. The zero-order valence-corrected chi connectivity index (χ0v) is 15.2. The van der Waals surface area contributed by atoms with Crippen LogP contribution in [0.5, 0.6) is 0 Å². The minimum absolute atomic E-state index is 0.154. The van der Waals surface area contributed by atoms with Crippen molar-refractivity contribution >= 4 is 33.5 Å². The number of carbonyl (C=O) groups is 1. The van der Waals surface area contributed by atoms with Gasteiger partial charge in [0.25, 0.3) is 5.91 Å². The maximum atomic E-state index is 13.2. The van der Waals surface area contributed by atoms with Gasteiger partial charge in [-0.3, -0.25) is 14.5 Å². The first-order chi connectivity index (χ1) is 13.1. The third kappa shape index (κ3) is 2.65. The Kier molecular flexibility index (Phi) is 3.47. The van der Waals surface area contributed by atoms with Gasteiger partial charge in [-0.25, -0.2) is 4.98 Å². The third-order valence-electron chi connectivity index (χ3n) is 5.11. The molecule has 3 heterocycles. The third-order valence-corrected chi connectivity index (χ3v) is 5.11. The lowest BCUT2D eigenvalue weighted by Crippen LogP contribution is -2.14. The molecule has 6 nitrogen and oxygen atoms in total. The summed E-state index contributed by atoms with van der Waals surface area (Å²) in [5, 5.41) is 9.33. The summed E-state index contributed by atoms with van der Waals surface area (Å²) in [4.78, 5) is 22.4. The first-order valence-corrected chi connectivity index (χ1v) is 9.11. The number of para-hydroxylation sites is 1. The molecule has 1 aromatic carbocycles. The molecule has 1 aliphatic rings. The quantitative estimate of drug-likeness (QED) is 0.602. The molecule has 1 aliphatic carbocycles. The lowest BCUT2D eigenvalue weighted by atomic mass is 10.1. The van der Waals surface area contributed by atoms with Crippen LogP contribution in [0.4, 0.5) is 5.69 Å². The van der Waals surface area contributed by atoms with Crippen molar-refractivity contribution in [1.29, 1.82) is 0 Å². The van der Waals surface area contributed by atoms with E-state index in [1.807, 2.05) is 50.4 Å². The minimum Gasteiger partial charge on any atom is -0.320 e. The summed E-state index contributed by atoms with van der Waals surface area (Å²) < 4.78 is 1.76. The molecule has 0 saturated heterocycles. The number of hydrogen-bond donors (Lipinski definition) is 1. The number of anilines is 1. The van der Waals surface area contributed by atoms with Crippen molar-refractivity contribution in [2.24, 2.45) is 7.05 Å². The fourth-order valence-electron chi connectivity index (χ4n) is 3.63. The maximum absolute atomic E-state index is 13.2. The molecular weight excluding hydrogens is 338 g/mol. The van der Waals surface area contributed by atoms with Gasteiger partial charge < -0.3 is 5.32 Å². The zero-order valence-electron chi connectivity index (χ0n) is 15.2. The van der Waals surface area contributed by atoms with Crippen LogP contribution in [0.1, 0.15) is 40.5 Å². The Labute approximate surface area is 156 Å². The van der Waals surface area contributed by atoms with Gasteiger partial charge in [0.1, 0.15) is 0 Å². The van der Waals surface area contributed by atoms with Crippen molar-refractivity contribution in [3.05, 3.63) is 59.5 Å². The van der Waals surface area contributed by atoms with Gasteiger partial charge in [0.05, 0.1) is 27.8 Å². The van der Waals surface area contributed by atoms with Gasteiger partial charge in [0.2, 0.25) is 0 Å². The molecule has 1 amide bonds. The molecule has 0 spiro atoms. The van der Waals surface area contributed by atoms with Crippen LogP contribution in [0.3, 0.4) is 0 Å². The molecule has 0 radical (unpaired) electrons. The molecule has 0 bridgehead atoms. The van der Waals surface area contributed by atoms with Crippen LogP contribution in [0, 0.1) is 6.92 Å². The van der Waals surface area contributed by atoms with Gasteiger partial charge in [-0.2, -0.15) is 5.10 Å². The van der Waals surface area contributed by atoms with Gasteiger partial charge in [-0.1, -0.05) is 18.2 Å². The van der Waals surface area contributed by atoms with Crippen LogP contribution < -0.4 is 5.32 Å². The number of fused-ring (bicyclic) bond motifs is 2. The van der Waals surface area contributed by atoms with Crippen LogP contribution in [-0.2, 0) is 7.05 Å². The van der Waals surface area contributed by atoms with Gasteiger partial charge in [0.15, 0.2) is 5.65 Å². The molecule has 4 aromatic rings. The van der Waals surface area contributed by atoms with Crippen LogP contribution in [0.25, 0.3) is 21.9 Å². The van der Waals surface area contributed by atoms with E-state index in [0.29, 0.717) is 17.2 Å². The normalized spacial score (nSPS) is 14.0. The summed E-state index contributed by atoms with van der Waals surface area (Å²) in [6, 6.07) is 11.6. The number of benzene rings is 1. The van der Waals surface area contributed by atoms with E-state index in [1.165, 1.54) is 0 Å². The van der Waals surface area contributed by atoms with Crippen molar-refractivity contribution in [2.45, 2.75) is 25.7 Å². The van der Waals surface area contributed by atoms with Crippen molar-refractivity contribution < 1.29 is 4.79 Å². The average molecular weight is 357 g/mol. The molecule has 3 aromatic heterocycles. The van der Waals surface area contributed by atoms with Crippen molar-refractivity contribution in [1.82, 2.24) is 19.7 Å². The Morgan fingerprint density at radius 2 is 2.04 bits per heavy atom. The molecule has 5 rings (SSSR count). The van der Waals surface area contributed by atoms with Crippen LogP contribution in [0.15, 0.2) is 42.6 Å². The fourth-order valence-corrected chi connectivity index (χ4v) is 3.63. The molecule has 0 aliphatic heterocycles. The Balaban J connectivity index is 1.63. The Morgan fingerprint density at radius 3 is 2.85 bits per heavy atom. The van der Waals surface area contributed by atoms with Crippen molar-refractivity contribution in [3.63, 3.8) is 0 Å². The molecule has 0 unspecified atom stereocenters. The maximum Gasteiger partial charge on any atom is 0.256 e. The molecule has 1 fully saturated rings. The van der Waals surface area contributed by atoms with E-state index in [1.54, 1.807) is 10.9 Å². The molecule has 0 atom stereocenters. The number of rotatable bonds is 3. The molecule has 1 saturated carbocycles. The van der Waals surface area contributed by atoms with E-state index >= 15 is 0 Å². The van der Waals surface area contributed by atoms with Gasteiger partial charge in [-0.05, 0) is 38.0 Å². The van der Waals surface area contributed by atoms with Gasteiger partial charge >= 0.3 is 0 Å². The number of carbonyl (C=O) groups excluding carboxylic acids is 1. The summed E-state index contributed by atoms with van der Waals surface area (Å²) in [5.74, 6) is 0.300. The first-order valence-electron chi connectivity index (χ1n) is 9.11. The van der Waals surface area contributed by atoms with Gasteiger partial charge in [0, 0.05) is 30.2 Å². The average Bonchev–Trinajstić information content (AvgIpc) is 3.48. The number of pyridine rings is 2. The second kappa shape index (κ2) is 5.87. The minimum atomic E-state index is -0.154. The number of aryl methyl sites for hydroxylation is 2. The summed E-state index contributed by atoms with van der Waals surface area (Å²) >= 11 is 0. The SMILES string of the molecule is Cc1nn(C)c2nc(C3CC3)cc(C(=O)Nc3cccc4cccnc34)c12. The number of nitrogens with one attached hydrogen (secondary N) is 1. The predicted molar refractivity (Wildman–Crippen MR) is 105 cm³/mol. The number of amides is 1. The van der Waals surface area contributed by atoms with E-state index in [4.69, 9.17) is 4.98 Å². The monoisotopic (exact) mass is 357 g/mol. The summed E-state index contributed by atoms with van der Waals surface area (Å²) in [6.07, 6.45) is 3.99. The topological polar surface area (TPSA) is 72.7 Å². The Hall–Kier alpha value is -3.28. The van der Waals surface area contributed by atoms with E-state index in [0.717, 1.165) is 46.2 Å². The fraction of sp³-hybridized carbons (Fsp3) is 0.238. The smallest absolute Gasteiger partial charge is 0.256 e. The Bertz CT molecular complexity index is 1200. The number of hydrogen-bond acceptors (Lipinski definition) is 4. The summed E-state index contributed by atoms with van der Waals surface area (Å²) in [7, 11) is 1.87. The highest BCUT2D eigenvalue weighted by Crippen LogP contribution is 2.40. The second-order valence-corrected chi connectivity index (χ2v) is 7.11. The highest BCUT2D eigenvalue weighted by Gasteiger charge is 2.28. The first kappa shape index (κ1) is 15.9. The molecule has 134 valence electrons. The lowest BCUT2D eigenvalue weighted by Gasteiger charge is -2.10. The van der Waals surface area contributed by atoms with Gasteiger partial charge in [-0.15, -0.1) is 0 Å².